The molecule has 1 heterocycles. The van der Waals surface area contributed by atoms with E-state index in [2.05, 4.69) is 5.32 Å². The van der Waals surface area contributed by atoms with Crippen LogP contribution in [0.3, 0.4) is 0 Å². The van der Waals surface area contributed by atoms with Gasteiger partial charge in [0, 0.05) is 12.6 Å². The number of nitrogens with one attached hydrogen (secondary N) is 1. The van der Waals surface area contributed by atoms with Crippen LogP contribution in [-0.4, -0.2) is 48.2 Å². The largest absolute Gasteiger partial charge is 0.445 e. The van der Waals surface area contributed by atoms with Crippen LogP contribution in [0, 0.1) is 11.8 Å². The second-order valence-corrected chi connectivity index (χ2v) is 8.37. The Morgan fingerprint density at radius 1 is 1.21 bits per heavy atom. The number of rotatable bonds is 6. The second kappa shape index (κ2) is 10.1. The number of alkyl halides is 1. The van der Waals surface area contributed by atoms with E-state index >= 15 is 0 Å². The molecule has 6 nitrogen and oxygen atoms in total. The SMILES string of the molecule is C[C@@H](C1CCC(NC(=O)OCc2ccccc2)CC1)[C@H](N)C(=O)N1CC[C@H](F)C1. The lowest BCUT2D eigenvalue weighted by Crippen LogP contribution is -2.49. The first kappa shape index (κ1) is 21.6. The average Bonchev–Trinajstić information content (AvgIpc) is 3.18. The fourth-order valence-electron chi connectivity index (χ4n) is 4.37. The molecule has 3 atom stereocenters. The van der Waals surface area contributed by atoms with Crippen LogP contribution in [0.25, 0.3) is 0 Å². The zero-order valence-corrected chi connectivity index (χ0v) is 17.1. The molecule has 0 spiro atoms. The van der Waals surface area contributed by atoms with Crippen molar-refractivity contribution >= 4 is 12.0 Å². The number of nitrogens with zero attached hydrogens (tertiary/aromatic N) is 1. The molecule has 160 valence electrons. The molecule has 2 aliphatic rings. The van der Waals surface area contributed by atoms with Gasteiger partial charge in [-0.25, -0.2) is 9.18 Å². The molecule has 2 fully saturated rings. The van der Waals surface area contributed by atoms with Gasteiger partial charge in [-0.2, -0.15) is 0 Å². The Kier molecular flexibility index (Phi) is 7.47. The number of alkyl carbamates (subject to hydrolysis) is 1. The quantitative estimate of drug-likeness (QED) is 0.762. The molecule has 0 radical (unpaired) electrons. The number of hydrogen-bond acceptors (Lipinski definition) is 4. The Morgan fingerprint density at radius 3 is 2.52 bits per heavy atom. The third kappa shape index (κ3) is 5.92. The Bertz CT molecular complexity index is 679. The van der Waals surface area contributed by atoms with Gasteiger partial charge in [0.05, 0.1) is 12.6 Å². The van der Waals surface area contributed by atoms with Crippen LogP contribution >= 0.6 is 0 Å². The zero-order chi connectivity index (χ0) is 20.8. The molecule has 1 aromatic carbocycles. The van der Waals surface area contributed by atoms with Crippen molar-refractivity contribution in [3.63, 3.8) is 0 Å². The van der Waals surface area contributed by atoms with Crippen LogP contribution in [0.2, 0.25) is 0 Å². The molecule has 0 unspecified atom stereocenters. The highest BCUT2D eigenvalue weighted by Crippen LogP contribution is 2.32. The molecule has 0 aromatic heterocycles. The summed E-state index contributed by atoms with van der Waals surface area (Å²) in [7, 11) is 0. The van der Waals surface area contributed by atoms with Crippen LogP contribution in [0.15, 0.2) is 30.3 Å². The highest BCUT2D eigenvalue weighted by molar-refractivity contribution is 5.82. The fraction of sp³-hybridized carbons (Fsp3) is 0.636. The summed E-state index contributed by atoms with van der Waals surface area (Å²) in [6, 6.07) is 9.07. The predicted octanol–water partition coefficient (Wildman–Crippen LogP) is 3.01. The van der Waals surface area contributed by atoms with Crippen molar-refractivity contribution in [2.45, 2.75) is 63.9 Å². The summed E-state index contributed by atoms with van der Waals surface area (Å²) in [6.45, 7) is 2.90. The van der Waals surface area contributed by atoms with Crippen LogP contribution in [0.5, 0.6) is 0 Å². The first-order valence-corrected chi connectivity index (χ1v) is 10.6. The summed E-state index contributed by atoms with van der Waals surface area (Å²) in [5.41, 5.74) is 7.18. The summed E-state index contributed by atoms with van der Waals surface area (Å²) >= 11 is 0. The number of ether oxygens (including phenoxy) is 1. The molecule has 29 heavy (non-hydrogen) atoms. The number of nitrogens with two attached hydrogens (primary N) is 1. The Hall–Kier alpha value is -2.15. The molecule has 2 amide bonds. The van der Waals surface area contributed by atoms with Gasteiger partial charge >= 0.3 is 6.09 Å². The van der Waals surface area contributed by atoms with Gasteiger partial charge in [0.2, 0.25) is 5.91 Å². The molecule has 0 bridgehead atoms. The molecule has 1 aliphatic heterocycles. The minimum Gasteiger partial charge on any atom is -0.445 e. The van der Waals surface area contributed by atoms with Crippen LogP contribution in [0.4, 0.5) is 9.18 Å². The number of halogens is 1. The Labute approximate surface area is 172 Å². The topological polar surface area (TPSA) is 84.7 Å². The number of likely N-dealkylation sites (tertiary alicyclic amines) is 1. The summed E-state index contributed by atoms with van der Waals surface area (Å²) in [4.78, 5) is 26.1. The summed E-state index contributed by atoms with van der Waals surface area (Å²) in [5, 5.41) is 2.94. The molecule has 1 saturated heterocycles. The predicted molar refractivity (Wildman–Crippen MR) is 109 cm³/mol. The Morgan fingerprint density at radius 2 is 1.90 bits per heavy atom. The third-order valence-electron chi connectivity index (χ3n) is 6.34. The van der Waals surface area contributed by atoms with Crippen molar-refractivity contribution < 1.29 is 18.7 Å². The maximum Gasteiger partial charge on any atom is 0.407 e. The van der Waals surface area contributed by atoms with Gasteiger partial charge < -0.3 is 20.7 Å². The van der Waals surface area contributed by atoms with Gasteiger partial charge in [-0.3, -0.25) is 4.79 Å². The highest BCUT2D eigenvalue weighted by Gasteiger charge is 2.36. The van der Waals surface area contributed by atoms with E-state index in [1.165, 1.54) is 0 Å². The van der Waals surface area contributed by atoms with Crippen LogP contribution < -0.4 is 11.1 Å². The maximum absolute atomic E-state index is 13.4. The summed E-state index contributed by atoms with van der Waals surface area (Å²) in [5.74, 6) is 0.227. The maximum atomic E-state index is 13.4. The first-order chi connectivity index (χ1) is 13.9. The minimum atomic E-state index is -0.926. The van der Waals surface area contributed by atoms with Crippen molar-refractivity contribution in [3.05, 3.63) is 35.9 Å². The van der Waals surface area contributed by atoms with E-state index in [1.54, 1.807) is 4.90 Å². The van der Waals surface area contributed by atoms with Gasteiger partial charge in [0.15, 0.2) is 0 Å². The standard InChI is InChI=1S/C22H32FN3O3/c1-15(20(24)21(27)26-12-11-18(23)13-26)17-7-9-19(10-8-17)25-22(28)29-14-16-5-3-2-4-6-16/h2-6,15,17-20H,7-14,24H2,1H3,(H,25,28)/t15-,17?,18-,19?,20-/m0/s1. The zero-order valence-electron chi connectivity index (χ0n) is 17.1. The van der Waals surface area contributed by atoms with E-state index in [4.69, 9.17) is 10.5 Å². The lowest BCUT2D eigenvalue weighted by molar-refractivity contribution is -0.133. The van der Waals surface area contributed by atoms with Gasteiger partial charge in [0.25, 0.3) is 0 Å². The van der Waals surface area contributed by atoms with Crippen molar-refractivity contribution in [2.75, 3.05) is 13.1 Å². The molecule has 7 heteroatoms. The molecular formula is C22H32FN3O3. The minimum absolute atomic E-state index is 0.0344. The number of carbonyl (C=O) groups excluding carboxylic acids is 2. The monoisotopic (exact) mass is 405 g/mol. The summed E-state index contributed by atoms with van der Waals surface area (Å²) < 4.78 is 18.7. The second-order valence-electron chi connectivity index (χ2n) is 8.37. The fourth-order valence-corrected chi connectivity index (χ4v) is 4.37. The molecule has 3 N–H and O–H groups in total. The smallest absolute Gasteiger partial charge is 0.407 e. The van der Waals surface area contributed by atoms with Gasteiger partial charge in [0.1, 0.15) is 12.8 Å². The lowest BCUT2D eigenvalue weighted by Gasteiger charge is -2.35. The number of amides is 2. The summed E-state index contributed by atoms with van der Waals surface area (Å²) in [6.07, 6.45) is 2.56. The molecule has 1 saturated carbocycles. The number of carbonyl (C=O) groups is 2. The van der Waals surface area contributed by atoms with Crippen molar-refractivity contribution in [1.82, 2.24) is 10.2 Å². The first-order valence-electron chi connectivity index (χ1n) is 10.6. The van der Waals surface area contributed by atoms with Gasteiger partial charge in [-0.05, 0) is 49.5 Å². The van der Waals surface area contributed by atoms with E-state index < -0.39 is 18.3 Å². The molecule has 1 aromatic rings. The van der Waals surface area contributed by atoms with Crippen molar-refractivity contribution in [1.29, 1.82) is 0 Å². The highest BCUT2D eigenvalue weighted by atomic mass is 19.1. The molecule has 1 aliphatic carbocycles. The van der Waals surface area contributed by atoms with E-state index in [0.29, 0.717) is 18.9 Å². The molecule has 3 rings (SSSR count). The average molecular weight is 406 g/mol. The van der Waals surface area contributed by atoms with Gasteiger partial charge in [-0.1, -0.05) is 37.3 Å². The van der Waals surface area contributed by atoms with Crippen LogP contribution in [0.1, 0.15) is 44.6 Å². The molecular weight excluding hydrogens is 373 g/mol. The Balaban J connectivity index is 1.39. The van der Waals surface area contributed by atoms with E-state index in [-0.39, 0.29) is 31.0 Å². The van der Waals surface area contributed by atoms with Crippen molar-refractivity contribution in [2.24, 2.45) is 17.6 Å². The van der Waals surface area contributed by atoms with Gasteiger partial charge in [-0.15, -0.1) is 0 Å². The van der Waals surface area contributed by atoms with E-state index in [0.717, 1.165) is 31.2 Å². The number of hydrogen-bond donors (Lipinski definition) is 2. The lowest BCUT2D eigenvalue weighted by atomic mass is 9.76. The normalized spacial score (nSPS) is 26.6. The third-order valence-corrected chi connectivity index (χ3v) is 6.34. The van der Waals surface area contributed by atoms with Crippen molar-refractivity contribution in [3.8, 4) is 0 Å². The van der Waals surface area contributed by atoms with E-state index in [1.807, 2.05) is 37.3 Å². The number of benzene rings is 1. The van der Waals surface area contributed by atoms with E-state index in [9.17, 15) is 14.0 Å². The van der Waals surface area contributed by atoms with Crippen LogP contribution in [-0.2, 0) is 16.1 Å².